The molecule has 98 valence electrons. The second-order valence-electron chi connectivity index (χ2n) is 2.97. The minimum atomic E-state index is -2.94. The van der Waals surface area contributed by atoms with Crippen LogP contribution in [0.2, 0.25) is 0 Å². The Hall–Kier alpha value is -0.920. The van der Waals surface area contributed by atoms with Gasteiger partial charge in [0, 0.05) is 18.0 Å². The van der Waals surface area contributed by atoms with E-state index in [1.807, 2.05) is 0 Å². The van der Waals surface area contributed by atoms with E-state index in [2.05, 4.69) is 10.1 Å². The molecule has 1 aromatic rings. The summed E-state index contributed by atoms with van der Waals surface area (Å²) in [5.41, 5.74) is 5.22. The number of carbonyl (C=O) groups excluding carboxylic acids is 1. The number of thiophene rings is 1. The molecule has 0 saturated carbocycles. The third-order valence-corrected chi connectivity index (χ3v) is 2.70. The molecule has 0 spiro atoms. The highest BCUT2D eigenvalue weighted by Gasteiger charge is 2.18. The van der Waals surface area contributed by atoms with Crippen molar-refractivity contribution in [3.05, 3.63) is 15.8 Å². The van der Waals surface area contributed by atoms with Crippen molar-refractivity contribution in [1.82, 2.24) is 5.32 Å². The number of alkyl halides is 2. The minimum Gasteiger partial charge on any atom is -0.433 e. The van der Waals surface area contributed by atoms with Crippen LogP contribution in [0, 0.1) is 6.92 Å². The normalized spacial score (nSPS) is 9.94. The average molecular weight is 287 g/mol. The maximum Gasteiger partial charge on any atom is 0.387 e. The summed E-state index contributed by atoms with van der Waals surface area (Å²) in [5, 5.41) is 2.50. The molecule has 0 aliphatic heterocycles. The number of hydrogen-bond donors (Lipinski definition) is 2. The highest BCUT2D eigenvalue weighted by molar-refractivity contribution is 7.14. The Morgan fingerprint density at radius 1 is 1.65 bits per heavy atom. The molecule has 1 aromatic heterocycles. The summed E-state index contributed by atoms with van der Waals surface area (Å²) in [6.45, 7) is -0.636. The SMILES string of the molecule is Cc1cc(OC(F)F)c(C(=O)NCCN)s1.Cl. The van der Waals surface area contributed by atoms with Gasteiger partial charge in [-0.05, 0) is 13.0 Å². The predicted molar refractivity (Wildman–Crippen MR) is 64.3 cm³/mol. The third-order valence-electron chi connectivity index (χ3n) is 1.67. The average Bonchev–Trinajstić information content (AvgIpc) is 2.55. The van der Waals surface area contributed by atoms with E-state index in [0.29, 0.717) is 13.1 Å². The maximum atomic E-state index is 12.1. The zero-order chi connectivity index (χ0) is 12.1. The van der Waals surface area contributed by atoms with Gasteiger partial charge in [0.15, 0.2) is 0 Å². The van der Waals surface area contributed by atoms with Crippen molar-refractivity contribution in [2.24, 2.45) is 5.73 Å². The highest BCUT2D eigenvalue weighted by Crippen LogP contribution is 2.29. The first-order valence-electron chi connectivity index (χ1n) is 4.58. The van der Waals surface area contributed by atoms with Crippen LogP contribution in [0.3, 0.4) is 0 Å². The molecule has 1 heterocycles. The number of hydrogen-bond acceptors (Lipinski definition) is 4. The molecule has 0 unspecified atom stereocenters. The number of halogens is 3. The number of carbonyl (C=O) groups is 1. The molecule has 3 N–H and O–H groups in total. The Morgan fingerprint density at radius 3 is 2.82 bits per heavy atom. The maximum absolute atomic E-state index is 12.1. The smallest absolute Gasteiger partial charge is 0.387 e. The lowest BCUT2D eigenvalue weighted by Crippen LogP contribution is -2.28. The van der Waals surface area contributed by atoms with Gasteiger partial charge < -0.3 is 15.8 Å². The lowest BCUT2D eigenvalue weighted by atomic mass is 10.3. The van der Waals surface area contributed by atoms with Gasteiger partial charge in [-0.3, -0.25) is 4.79 Å². The molecule has 8 heteroatoms. The van der Waals surface area contributed by atoms with Crippen molar-refractivity contribution in [2.75, 3.05) is 13.1 Å². The molecule has 0 atom stereocenters. The van der Waals surface area contributed by atoms with Crippen molar-refractivity contribution in [1.29, 1.82) is 0 Å². The zero-order valence-corrected chi connectivity index (χ0v) is 10.7. The van der Waals surface area contributed by atoms with E-state index in [1.54, 1.807) is 6.92 Å². The molecule has 0 fully saturated rings. The summed E-state index contributed by atoms with van der Waals surface area (Å²) in [6, 6.07) is 1.41. The molecule has 4 nitrogen and oxygen atoms in total. The fourth-order valence-electron chi connectivity index (χ4n) is 1.10. The first-order valence-corrected chi connectivity index (χ1v) is 5.39. The van der Waals surface area contributed by atoms with Crippen molar-refractivity contribution >= 4 is 29.7 Å². The van der Waals surface area contributed by atoms with Crippen molar-refractivity contribution in [3.63, 3.8) is 0 Å². The number of rotatable bonds is 5. The van der Waals surface area contributed by atoms with Gasteiger partial charge in [-0.2, -0.15) is 8.78 Å². The molecular formula is C9H13ClF2N2O2S. The van der Waals surface area contributed by atoms with Gasteiger partial charge in [-0.25, -0.2) is 0 Å². The standard InChI is InChI=1S/C9H12F2N2O2S.ClH/c1-5-4-6(15-9(10)11)7(16-5)8(14)13-3-2-12;/h4,9H,2-3,12H2,1H3,(H,13,14);1H. The molecule has 0 aliphatic carbocycles. The lowest BCUT2D eigenvalue weighted by molar-refractivity contribution is -0.0498. The number of nitrogens with one attached hydrogen (secondary N) is 1. The second kappa shape index (κ2) is 7.41. The topological polar surface area (TPSA) is 64.3 Å². The van der Waals surface area contributed by atoms with Gasteiger partial charge >= 0.3 is 6.61 Å². The first kappa shape index (κ1) is 16.1. The van der Waals surface area contributed by atoms with Crippen LogP contribution in [0.15, 0.2) is 6.07 Å². The largest absolute Gasteiger partial charge is 0.433 e. The van der Waals surface area contributed by atoms with E-state index >= 15 is 0 Å². The van der Waals surface area contributed by atoms with Crippen LogP contribution in [-0.4, -0.2) is 25.6 Å². The summed E-state index contributed by atoms with van der Waals surface area (Å²) < 4.78 is 28.4. The van der Waals surface area contributed by atoms with Crippen LogP contribution in [0.5, 0.6) is 5.75 Å². The Morgan fingerprint density at radius 2 is 2.29 bits per heavy atom. The Kier molecular flexibility index (Phi) is 7.01. The number of nitrogens with two attached hydrogens (primary N) is 1. The van der Waals surface area contributed by atoms with Crippen LogP contribution in [0.25, 0.3) is 0 Å². The van der Waals surface area contributed by atoms with Gasteiger partial charge in [0.25, 0.3) is 5.91 Å². The zero-order valence-electron chi connectivity index (χ0n) is 9.04. The van der Waals surface area contributed by atoms with Crippen molar-refractivity contribution < 1.29 is 18.3 Å². The van der Waals surface area contributed by atoms with E-state index in [0.717, 1.165) is 16.2 Å². The minimum absolute atomic E-state index is 0. The van der Waals surface area contributed by atoms with Crippen LogP contribution in [0.4, 0.5) is 8.78 Å². The van der Waals surface area contributed by atoms with Crippen LogP contribution < -0.4 is 15.8 Å². The van der Waals surface area contributed by atoms with Gasteiger partial charge in [0.2, 0.25) is 0 Å². The molecule has 17 heavy (non-hydrogen) atoms. The number of aryl methyl sites for hydroxylation is 1. The summed E-state index contributed by atoms with van der Waals surface area (Å²) >= 11 is 1.10. The van der Waals surface area contributed by atoms with E-state index in [1.165, 1.54) is 6.07 Å². The van der Waals surface area contributed by atoms with Crippen molar-refractivity contribution in [3.8, 4) is 5.75 Å². The molecule has 0 aromatic carbocycles. The molecule has 0 bridgehead atoms. The third kappa shape index (κ3) is 4.84. The second-order valence-corrected chi connectivity index (χ2v) is 4.23. The molecule has 1 amide bonds. The fourth-order valence-corrected chi connectivity index (χ4v) is 1.96. The van der Waals surface area contributed by atoms with E-state index in [9.17, 15) is 13.6 Å². The summed E-state index contributed by atoms with van der Waals surface area (Å²) in [5.74, 6) is -0.536. The van der Waals surface area contributed by atoms with E-state index in [4.69, 9.17) is 5.73 Å². The van der Waals surface area contributed by atoms with Gasteiger partial charge in [0.1, 0.15) is 10.6 Å². The highest BCUT2D eigenvalue weighted by atomic mass is 35.5. The Bertz CT molecular complexity index is 374. The van der Waals surface area contributed by atoms with Gasteiger partial charge in [0.05, 0.1) is 0 Å². The van der Waals surface area contributed by atoms with Crippen LogP contribution in [0.1, 0.15) is 14.5 Å². The number of ether oxygens (including phenoxy) is 1. The molecular weight excluding hydrogens is 274 g/mol. The van der Waals surface area contributed by atoms with E-state index < -0.39 is 12.5 Å². The Labute approximate surface area is 108 Å². The summed E-state index contributed by atoms with van der Waals surface area (Å²) in [4.78, 5) is 12.4. The van der Waals surface area contributed by atoms with Gasteiger partial charge in [-0.1, -0.05) is 0 Å². The quantitative estimate of drug-likeness (QED) is 0.867. The lowest BCUT2D eigenvalue weighted by Gasteiger charge is -2.05. The predicted octanol–water partition coefficient (Wildman–Crippen LogP) is 1.77. The Balaban J connectivity index is 0.00000256. The monoisotopic (exact) mass is 286 g/mol. The summed E-state index contributed by atoms with van der Waals surface area (Å²) in [6.07, 6.45) is 0. The first-order chi connectivity index (χ1) is 7.54. The fraction of sp³-hybridized carbons (Fsp3) is 0.444. The van der Waals surface area contributed by atoms with E-state index in [-0.39, 0.29) is 23.0 Å². The van der Waals surface area contributed by atoms with Gasteiger partial charge in [-0.15, -0.1) is 23.7 Å². The molecule has 0 radical (unpaired) electrons. The molecule has 0 aliphatic rings. The molecule has 0 saturated heterocycles. The number of amides is 1. The molecule has 1 rings (SSSR count). The van der Waals surface area contributed by atoms with Crippen LogP contribution >= 0.6 is 23.7 Å². The van der Waals surface area contributed by atoms with Crippen molar-refractivity contribution in [2.45, 2.75) is 13.5 Å². The summed E-state index contributed by atoms with van der Waals surface area (Å²) in [7, 11) is 0. The van der Waals surface area contributed by atoms with Crippen LogP contribution in [-0.2, 0) is 0 Å².